The molecule has 0 bridgehead atoms. The highest BCUT2D eigenvalue weighted by Gasteiger charge is 2.21. The van der Waals surface area contributed by atoms with Crippen LogP contribution in [0.25, 0.3) is 0 Å². The Hall–Kier alpha value is -1.57. The second-order valence-electron chi connectivity index (χ2n) is 3.88. The maximum absolute atomic E-state index is 11.5. The number of amides is 2. The number of H-pyrrole nitrogens is 1. The summed E-state index contributed by atoms with van der Waals surface area (Å²) in [6.07, 6.45) is 2.42. The van der Waals surface area contributed by atoms with Crippen molar-refractivity contribution in [2.24, 2.45) is 0 Å². The van der Waals surface area contributed by atoms with Gasteiger partial charge in [-0.3, -0.25) is 14.7 Å². The number of aromatic amines is 1. The molecule has 2 N–H and O–H groups in total. The molecular formula is C10H15N5O2S. The Morgan fingerprint density at radius 3 is 3.17 bits per heavy atom. The van der Waals surface area contributed by atoms with Gasteiger partial charge in [0.15, 0.2) is 0 Å². The molecule has 2 amide bonds. The minimum Gasteiger partial charge on any atom is -0.356 e. The summed E-state index contributed by atoms with van der Waals surface area (Å²) in [7, 11) is 0. The molecule has 2 rings (SSSR count). The van der Waals surface area contributed by atoms with Crippen molar-refractivity contribution in [1.82, 2.24) is 25.4 Å². The number of nitrogens with zero attached hydrogens (tertiary/aromatic N) is 3. The van der Waals surface area contributed by atoms with Crippen LogP contribution < -0.4 is 5.32 Å². The number of carbonyl (C=O) groups is 2. The fourth-order valence-corrected chi connectivity index (χ4v) is 2.48. The molecule has 0 spiro atoms. The van der Waals surface area contributed by atoms with Crippen molar-refractivity contribution in [3.63, 3.8) is 0 Å². The van der Waals surface area contributed by atoms with E-state index in [1.165, 1.54) is 18.1 Å². The van der Waals surface area contributed by atoms with Crippen LogP contribution in [0.2, 0.25) is 0 Å². The third kappa shape index (κ3) is 3.73. The molecule has 0 aromatic carbocycles. The third-order valence-corrected chi connectivity index (χ3v) is 3.49. The molecule has 0 aliphatic carbocycles. The molecule has 0 radical (unpaired) electrons. The van der Waals surface area contributed by atoms with Crippen LogP contribution in [-0.2, 0) is 11.2 Å². The minimum atomic E-state index is -0.0424. The van der Waals surface area contributed by atoms with Crippen LogP contribution >= 0.6 is 11.8 Å². The Kier molecular flexibility index (Phi) is 4.57. The van der Waals surface area contributed by atoms with Gasteiger partial charge < -0.3 is 10.2 Å². The number of aromatic nitrogens is 3. The predicted octanol–water partition coefficient (Wildman–Crippen LogP) is 0.0223. The molecule has 1 fully saturated rings. The van der Waals surface area contributed by atoms with Crippen molar-refractivity contribution in [3.8, 4) is 0 Å². The van der Waals surface area contributed by atoms with Crippen LogP contribution in [0.5, 0.6) is 0 Å². The van der Waals surface area contributed by atoms with Crippen molar-refractivity contribution in [3.05, 3.63) is 12.2 Å². The summed E-state index contributed by atoms with van der Waals surface area (Å²) < 4.78 is 0. The quantitative estimate of drug-likeness (QED) is 0.760. The van der Waals surface area contributed by atoms with Crippen molar-refractivity contribution in [2.75, 3.05) is 25.4 Å². The summed E-state index contributed by atoms with van der Waals surface area (Å²) in [6, 6.07) is 0. The van der Waals surface area contributed by atoms with E-state index in [4.69, 9.17) is 0 Å². The number of nitrogens with one attached hydrogen (secondary N) is 2. The summed E-state index contributed by atoms with van der Waals surface area (Å²) >= 11 is 1.31. The molecule has 2 heterocycles. The number of hydrogen-bond donors (Lipinski definition) is 2. The molecule has 1 aromatic rings. The molecule has 0 unspecified atom stereocenters. The first-order valence-electron chi connectivity index (χ1n) is 5.78. The number of hydrogen-bond acceptors (Lipinski definition) is 5. The van der Waals surface area contributed by atoms with E-state index in [0.717, 1.165) is 18.1 Å². The molecule has 0 atom stereocenters. The smallest absolute Gasteiger partial charge is 0.281 e. The fourth-order valence-electron chi connectivity index (χ4n) is 1.63. The molecule has 0 saturated carbocycles. The van der Waals surface area contributed by atoms with Crippen molar-refractivity contribution in [2.45, 2.75) is 12.8 Å². The topological polar surface area (TPSA) is 91.0 Å². The van der Waals surface area contributed by atoms with Gasteiger partial charge in [-0.25, -0.2) is 4.98 Å². The molecule has 18 heavy (non-hydrogen) atoms. The van der Waals surface area contributed by atoms with Crippen molar-refractivity contribution >= 4 is 22.9 Å². The summed E-state index contributed by atoms with van der Waals surface area (Å²) in [5.74, 6) is 1.53. The van der Waals surface area contributed by atoms with Gasteiger partial charge in [-0.1, -0.05) is 11.8 Å². The molecule has 1 aliphatic heterocycles. The maximum Gasteiger partial charge on any atom is 0.281 e. The zero-order valence-corrected chi connectivity index (χ0v) is 10.7. The van der Waals surface area contributed by atoms with E-state index in [0.29, 0.717) is 25.9 Å². The van der Waals surface area contributed by atoms with Crippen LogP contribution in [0, 0.1) is 0 Å². The summed E-state index contributed by atoms with van der Waals surface area (Å²) in [5, 5.41) is 9.31. The van der Waals surface area contributed by atoms with Gasteiger partial charge in [-0.15, -0.1) is 0 Å². The van der Waals surface area contributed by atoms with E-state index in [1.54, 1.807) is 4.90 Å². The lowest BCUT2D eigenvalue weighted by atomic mass is 10.3. The van der Waals surface area contributed by atoms with Crippen LogP contribution in [0.1, 0.15) is 12.2 Å². The standard InChI is InChI=1S/C10H15N5O2S/c16-9(2-4-15-5-6-18-10(15)17)11-3-1-8-12-7-13-14-8/h7H,1-6H2,(H,11,16)(H,12,13,14). The summed E-state index contributed by atoms with van der Waals surface area (Å²) in [6.45, 7) is 1.77. The average molecular weight is 269 g/mol. The molecule has 1 aliphatic rings. The second kappa shape index (κ2) is 6.39. The van der Waals surface area contributed by atoms with Crippen LogP contribution in [0.4, 0.5) is 4.79 Å². The lowest BCUT2D eigenvalue weighted by Gasteiger charge is -2.13. The van der Waals surface area contributed by atoms with Crippen LogP contribution in [-0.4, -0.2) is 56.6 Å². The number of thioether (sulfide) groups is 1. The minimum absolute atomic E-state index is 0.0424. The average Bonchev–Trinajstić information content (AvgIpc) is 2.98. The fraction of sp³-hybridized carbons (Fsp3) is 0.600. The Bertz CT molecular complexity index is 408. The zero-order valence-electron chi connectivity index (χ0n) is 9.89. The Balaban J connectivity index is 1.59. The van der Waals surface area contributed by atoms with E-state index in [1.807, 2.05) is 0 Å². The van der Waals surface area contributed by atoms with E-state index in [-0.39, 0.29) is 11.1 Å². The summed E-state index contributed by atoms with van der Waals surface area (Å²) in [4.78, 5) is 28.5. The Labute approximate surface area is 109 Å². The van der Waals surface area contributed by atoms with Gasteiger partial charge >= 0.3 is 0 Å². The SMILES string of the molecule is O=C(CCN1CCSC1=O)NCCc1ncn[nH]1. The third-order valence-electron chi connectivity index (χ3n) is 2.60. The highest BCUT2D eigenvalue weighted by atomic mass is 32.2. The van der Waals surface area contributed by atoms with Crippen molar-refractivity contribution in [1.29, 1.82) is 0 Å². The van der Waals surface area contributed by atoms with E-state index < -0.39 is 0 Å². The van der Waals surface area contributed by atoms with Gasteiger partial charge in [-0.2, -0.15) is 5.10 Å². The van der Waals surface area contributed by atoms with E-state index in [2.05, 4.69) is 20.5 Å². The monoisotopic (exact) mass is 269 g/mol. The molecule has 8 heteroatoms. The second-order valence-corrected chi connectivity index (χ2v) is 4.93. The molecule has 7 nitrogen and oxygen atoms in total. The summed E-state index contributed by atoms with van der Waals surface area (Å²) in [5.41, 5.74) is 0. The van der Waals surface area contributed by atoms with Gasteiger partial charge in [0.2, 0.25) is 5.91 Å². The predicted molar refractivity (Wildman–Crippen MR) is 67.1 cm³/mol. The number of rotatable bonds is 6. The maximum atomic E-state index is 11.5. The largest absolute Gasteiger partial charge is 0.356 e. The first kappa shape index (κ1) is 12.9. The normalized spacial score (nSPS) is 15.1. The molecule has 1 aromatic heterocycles. The lowest BCUT2D eigenvalue weighted by molar-refractivity contribution is -0.121. The van der Waals surface area contributed by atoms with Gasteiger partial charge in [0.25, 0.3) is 5.24 Å². The molecule has 98 valence electrons. The van der Waals surface area contributed by atoms with Crippen LogP contribution in [0.15, 0.2) is 6.33 Å². The van der Waals surface area contributed by atoms with Gasteiger partial charge in [0, 0.05) is 38.2 Å². The van der Waals surface area contributed by atoms with Gasteiger partial charge in [0.1, 0.15) is 12.2 Å². The molecule has 1 saturated heterocycles. The zero-order chi connectivity index (χ0) is 12.8. The first-order chi connectivity index (χ1) is 8.75. The first-order valence-corrected chi connectivity index (χ1v) is 6.77. The van der Waals surface area contributed by atoms with Gasteiger partial charge in [-0.05, 0) is 0 Å². The van der Waals surface area contributed by atoms with E-state index >= 15 is 0 Å². The highest BCUT2D eigenvalue weighted by molar-refractivity contribution is 8.13. The van der Waals surface area contributed by atoms with Crippen LogP contribution in [0.3, 0.4) is 0 Å². The Morgan fingerprint density at radius 1 is 1.61 bits per heavy atom. The molecular weight excluding hydrogens is 254 g/mol. The Morgan fingerprint density at radius 2 is 2.50 bits per heavy atom. The highest BCUT2D eigenvalue weighted by Crippen LogP contribution is 2.16. The van der Waals surface area contributed by atoms with Crippen molar-refractivity contribution < 1.29 is 9.59 Å². The van der Waals surface area contributed by atoms with E-state index in [9.17, 15) is 9.59 Å². The lowest BCUT2D eigenvalue weighted by Crippen LogP contribution is -2.32. The van der Waals surface area contributed by atoms with Gasteiger partial charge in [0.05, 0.1) is 0 Å². The number of carbonyl (C=O) groups excluding carboxylic acids is 2.